The molecule has 0 amide bonds. The Balaban J connectivity index is 2.53. The molecule has 0 fully saturated rings. The number of carbonyl (C=O) groups is 1. The molecule has 0 heterocycles. The number of benzene rings is 2. The molecule has 0 aliphatic rings. The van der Waals surface area contributed by atoms with Crippen LogP contribution in [0.4, 0.5) is 0 Å². The first kappa shape index (κ1) is 15.8. The number of rotatable bonds is 5. The minimum Gasteiger partial charge on any atom is -0.507 e. The molecule has 0 atom stereocenters. The molecular weight excluding hydrogens is 308 g/mol. The second-order valence-corrected chi connectivity index (χ2v) is 6.55. The van der Waals surface area contributed by atoms with Crippen LogP contribution in [0.15, 0.2) is 47.4 Å². The molecule has 2 aromatic rings. The maximum absolute atomic E-state index is 12.4. The quantitative estimate of drug-likeness (QED) is 0.874. The van der Waals surface area contributed by atoms with Crippen molar-refractivity contribution in [2.24, 2.45) is 0 Å². The minimum absolute atomic E-state index is 0.0341. The summed E-state index contributed by atoms with van der Waals surface area (Å²) in [5.41, 5.74) is -0.478. The molecule has 0 saturated heterocycles. The number of carboxylic acid groups (broad SMARTS) is 1. The van der Waals surface area contributed by atoms with Crippen LogP contribution in [-0.2, 0) is 15.6 Å². The lowest BCUT2D eigenvalue weighted by Gasteiger charge is -2.11. The summed E-state index contributed by atoms with van der Waals surface area (Å²) in [5, 5.41) is 19.0. The topological polar surface area (TPSA) is 101 Å². The van der Waals surface area contributed by atoms with E-state index in [1.165, 1.54) is 25.3 Å². The van der Waals surface area contributed by atoms with Crippen molar-refractivity contribution in [3.8, 4) is 11.5 Å². The normalized spacial score (nSPS) is 11.1. The number of aromatic hydroxyl groups is 1. The van der Waals surface area contributed by atoms with E-state index in [-0.39, 0.29) is 16.2 Å². The van der Waals surface area contributed by atoms with Gasteiger partial charge in [0.25, 0.3) is 0 Å². The van der Waals surface area contributed by atoms with E-state index in [2.05, 4.69) is 0 Å². The lowest BCUT2D eigenvalue weighted by Crippen LogP contribution is -2.10. The van der Waals surface area contributed by atoms with Crippen LogP contribution in [-0.4, -0.2) is 31.7 Å². The highest BCUT2D eigenvalue weighted by Crippen LogP contribution is 2.30. The van der Waals surface area contributed by atoms with E-state index in [9.17, 15) is 23.4 Å². The summed E-state index contributed by atoms with van der Waals surface area (Å²) >= 11 is 0. The molecule has 2 rings (SSSR count). The van der Waals surface area contributed by atoms with Gasteiger partial charge >= 0.3 is 5.97 Å². The molecule has 0 bridgehead atoms. The smallest absolute Gasteiger partial charge is 0.339 e. The summed E-state index contributed by atoms with van der Waals surface area (Å²) in [6, 6.07) is 10.1. The van der Waals surface area contributed by atoms with Crippen LogP contribution in [0.2, 0.25) is 0 Å². The molecule has 116 valence electrons. The first-order chi connectivity index (χ1) is 10.3. The monoisotopic (exact) mass is 322 g/mol. The largest absolute Gasteiger partial charge is 0.507 e. The van der Waals surface area contributed by atoms with Gasteiger partial charge in [-0.15, -0.1) is 0 Å². The Bertz CT molecular complexity index is 796. The first-order valence-corrected chi connectivity index (χ1v) is 7.91. The standard InChI is InChI=1S/C15H14O6S/c1-21-11-7-10(14(15(17)18)13(16)8-11)9-22(19,20)12-5-3-2-4-6-12/h2-8,16H,9H2,1H3,(H,17,18). The highest BCUT2D eigenvalue weighted by atomic mass is 32.2. The fourth-order valence-corrected chi connectivity index (χ4v) is 3.43. The van der Waals surface area contributed by atoms with Crippen LogP contribution in [0.3, 0.4) is 0 Å². The van der Waals surface area contributed by atoms with Gasteiger partial charge in [-0.3, -0.25) is 0 Å². The van der Waals surface area contributed by atoms with E-state index in [1.807, 2.05) is 0 Å². The number of phenols is 1. The Morgan fingerprint density at radius 3 is 2.36 bits per heavy atom. The lowest BCUT2D eigenvalue weighted by atomic mass is 10.1. The van der Waals surface area contributed by atoms with Crippen LogP contribution < -0.4 is 4.74 Å². The fraction of sp³-hybridized carbons (Fsp3) is 0.133. The second kappa shape index (κ2) is 6.07. The van der Waals surface area contributed by atoms with Gasteiger partial charge in [0.15, 0.2) is 9.84 Å². The Hall–Kier alpha value is -2.54. The van der Waals surface area contributed by atoms with Crippen LogP contribution in [0.1, 0.15) is 15.9 Å². The Kier molecular flexibility index (Phi) is 4.37. The number of hydrogen-bond acceptors (Lipinski definition) is 5. The van der Waals surface area contributed by atoms with Crippen LogP contribution in [0, 0.1) is 0 Å². The third kappa shape index (κ3) is 3.20. The molecule has 0 aliphatic heterocycles. The summed E-state index contributed by atoms with van der Waals surface area (Å²) in [6.45, 7) is 0. The van der Waals surface area contributed by atoms with Crippen molar-refractivity contribution < 1.29 is 28.2 Å². The summed E-state index contributed by atoms with van der Waals surface area (Å²) in [6.07, 6.45) is 0. The summed E-state index contributed by atoms with van der Waals surface area (Å²) in [5.74, 6) is -2.31. The minimum atomic E-state index is -3.74. The van der Waals surface area contributed by atoms with Crippen molar-refractivity contribution >= 4 is 15.8 Å². The van der Waals surface area contributed by atoms with E-state index in [0.717, 1.165) is 6.07 Å². The Morgan fingerprint density at radius 1 is 1.18 bits per heavy atom. The average molecular weight is 322 g/mol. The van der Waals surface area contributed by atoms with Gasteiger partial charge in [0.2, 0.25) is 0 Å². The zero-order valence-electron chi connectivity index (χ0n) is 11.7. The second-order valence-electron chi connectivity index (χ2n) is 4.56. The van der Waals surface area contributed by atoms with Gasteiger partial charge in [0, 0.05) is 6.07 Å². The molecule has 22 heavy (non-hydrogen) atoms. The van der Waals surface area contributed by atoms with Crippen molar-refractivity contribution in [3.05, 3.63) is 53.6 Å². The van der Waals surface area contributed by atoms with Gasteiger partial charge in [-0.2, -0.15) is 0 Å². The number of hydrogen-bond donors (Lipinski definition) is 2. The Morgan fingerprint density at radius 2 is 1.82 bits per heavy atom. The molecular formula is C15H14O6S. The SMILES string of the molecule is COc1cc(O)c(C(=O)O)c(CS(=O)(=O)c2ccccc2)c1. The molecule has 0 saturated carbocycles. The van der Waals surface area contributed by atoms with Gasteiger partial charge in [0.05, 0.1) is 17.8 Å². The summed E-state index contributed by atoms with van der Waals surface area (Å²) < 4.78 is 29.7. The molecule has 7 heteroatoms. The first-order valence-electron chi connectivity index (χ1n) is 6.26. The van der Waals surface area contributed by atoms with E-state index in [4.69, 9.17) is 4.74 Å². The van der Waals surface area contributed by atoms with E-state index < -0.39 is 32.9 Å². The van der Waals surface area contributed by atoms with Gasteiger partial charge in [0.1, 0.15) is 17.1 Å². The predicted molar refractivity (Wildman–Crippen MR) is 78.9 cm³/mol. The average Bonchev–Trinajstić information content (AvgIpc) is 2.46. The van der Waals surface area contributed by atoms with E-state index in [1.54, 1.807) is 18.2 Å². The van der Waals surface area contributed by atoms with Gasteiger partial charge in [-0.05, 0) is 23.8 Å². The lowest BCUT2D eigenvalue weighted by molar-refractivity contribution is 0.0693. The van der Waals surface area contributed by atoms with E-state index in [0.29, 0.717) is 0 Å². The Labute approximate surface area is 127 Å². The molecule has 2 aromatic carbocycles. The summed E-state index contributed by atoms with van der Waals surface area (Å²) in [4.78, 5) is 11.3. The highest BCUT2D eigenvalue weighted by Gasteiger charge is 2.23. The molecule has 2 N–H and O–H groups in total. The van der Waals surface area contributed by atoms with Crippen molar-refractivity contribution in [3.63, 3.8) is 0 Å². The molecule has 0 radical (unpaired) electrons. The van der Waals surface area contributed by atoms with Gasteiger partial charge < -0.3 is 14.9 Å². The highest BCUT2D eigenvalue weighted by molar-refractivity contribution is 7.90. The van der Waals surface area contributed by atoms with Gasteiger partial charge in [-0.25, -0.2) is 13.2 Å². The van der Waals surface area contributed by atoms with E-state index >= 15 is 0 Å². The van der Waals surface area contributed by atoms with Crippen molar-refractivity contribution in [2.45, 2.75) is 10.6 Å². The number of ether oxygens (including phenoxy) is 1. The summed E-state index contributed by atoms with van der Waals surface area (Å²) in [7, 11) is -2.40. The third-order valence-electron chi connectivity index (χ3n) is 3.07. The number of carboxylic acids is 1. The number of sulfone groups is 1. The maximum Gasteiger partial charge on any atom is 0.339 e. The van der Waals surface area contributed by atoms with Crippen molar-refractivity contribution in [1.29, 1.82) is 0 Å². The molecule has 0 aromatic heterocycles. The zero-order chi connectivity index (χ0) is 16.3. The van der Waals surface area contributed by atoms with Crippen molar-refractivity contribution in [1.82, 2.24) is 0 Å². The molecule has 6 nitrogen and oxygen atoms in total. The fourth-order valence-electron chi connectivity index (χ4n) is 2.05. The van der Waals surface area contributed by atoms with Gasteiger partial charge in [-0.1, -0.05) is 18.2 Å². The van der Waals surface area contributed by atoms with Crippen LogP contribution in [0.25, 0.3) is 0 Å². The van der Waals surface area contributed by atoms with Crippen molar-refractivity contribution in [2.75, 3.05) is 7.11 Å². The molecule has 0 spiro atoms. The third-order valence-corrected chi connectivity index (χ3v) is 4.75. The zero-order valence-corrected chi connectivity index (χ0v) is 12.5. The number of methoxy groups -OCH3 is 1. The number of aromatic carboxylic acids is 1. The molecule has 0 aliphatic carbocycles. The molecule has 0 unspecified atom stereocenters. The maximum atomic E-state index is 12.4. The van der Waals surface area contributed by atoms with Crippen LogP contribution >= 0.6 is 0 Å². The van der Waals surface area contributed by atoms with Crippen LogP contribution in [0.5, 0.6) is 11.5 Å². The predicted octanol–water partition coefficient (Wildman–Crippen LogP) is 2.07.